The molecule has 16 heteroatoms. The van der Waals surface area contributed by atoms with Crippen molar-refractivity contribution in [2.75, 3.05) is 0 Å². The van der Waals surface area contributed by atoms with Crippen LogP contribution < -0.4 is 0 Å². The van der Waals surface area contributed by atoms with Crippen LogP contribution in [0.25, 0.3) is 5.00 Å². The van der Waals surface area contributed by atoms with Gasteiger partial charge in [-0.2, -0.15) is 17.9 Å². The van der Waals surface area contributed by atoms with Gasteiger partial charge in [-0.15, -0.1) is 5.10 Å². The quantitative estimate of drug-likeness (QED) is 0.484. The molecule has 0 aromatic carbocycles. The smallest absolute Gasteiger partial charge is 0.435 e. The van der Waals surface area contributed by atoms with E-state index in [4.69, 9.17) is 5.11 Å². The van der Waals surface area contributed by atoms with Crippen molar-refractivity contribution in [3.63, 3.8) is 0 Å². The monoisotopic (exact) mass is 424 g/mol. The lowest BCUT2D eigenvalue weighted by Crippen LogP contribution is -2.11. The Hall–Kier alpha value is -2.59. The molecule has 3 aromatic heterocycles. The summed E-state index contributed by atoms with van der Waals surface area (Å²) in [4.78, 5) is 23.5. The Kier molecular flexibility index (Phi) is 4.63. The van der Waals surface area contributed by atoms with Crippen molar-refractivity contribution in [2.24, 2.45) is 0 Å². The molecule has 0 bridgehead atoms. The molecule has 1 N–H and O–H groups in total. The third-order valence-corrected chi connectivity index (χ3v) is 5.71. The van der Waals surface area contributed by atoms with E-state index in [1.165, 1.54) is 12.1 Å². The van der Waals surface area contributed by atoms with Crippen LogP contribution >= 0.6 is 34.4 Å². The van der Waals surface area contributed by atoms with E-state index in [-0.39, 0.29) is 19.5 Å². The second-order valence-electron chi connectivity index (χ2n) is 4.30. The lowest BCUT2D eigenvalue weighted by atomic mass is 10.3. The number of tetrazole rings is 1. The van der Waals surface area contributed by atoms with Gasteiger partial charge in [-0.05, 0) is 39.6 Å². The van der Waals surface area contributed by atoms with Crippen LogP contribution in [0.5, 0.6) is 0 Å². The number of carbonyl (C=O) groups is 1. The normalized spacial score (nSPS) is 11.7. The van der Waals surface area contributed by atoms with Crippen molar-refractivity contribution < 1.29 is 28.0 Å². The summed E-state index contributed by atoms with van der Waals surface area (Å²) in [6.45, 7) is 0. The summed E-state index contributed by atoms with van der Waals surface area (Å²) in [5, 5.41) is 30.3. The van der Waals surface area contributed by atoms with Gasteiger partial charge in [-0.1, -0.05) is 11.3 Å². The van der Waals surface area contributed by atoms with Crippen molar-refractivity contribution in [2.45, 2.75) is 15.7 Å². The van der Waals surface area contributed by atoms with Gasteiger partial charge in [0, 0.05) is 6.07 Å². The molecule has 3 heterocycles. The molecule has 0 saturated heterocycles. The maximum Gasteiger partial charge on any atom is 0.435 e. The molecule has 0 amide bonds. The Labute approximate surface area is 152 Å². The summed E-state index contributed by atoms with van der Waals surface area (Å²) in [7, 11) is 0. The SMILES string of the molecule is O=C(O)c1sc(Sc2nnnn2-c2ccc([N+](=O)[O-])s2)nc1C(F)(F)F. The van der Waals surface area contributed by atoms with E-state index in [0.717, 1.165) is 16.0 Å². The van der Waals surface area contributed by atoms with Gasteiger partial charge >= 0.3 is 17.1 Å². The van der Waals surface area contributed by atoms with Crippen molar-refractivity contribution in [1.29, 1.82) is 0 Å². The van der Waals surface area contributed by atoms with E-state index in [2.05, 4.69) is 20.5 Å². The highest BCUT2D eigenvalue weighted by atomic mass is 32.2. The zero-order valence-corrected chi connectivity index (χ0v) is 14.3. The van der Waals surface area contributed by atoms with Gasteiger partial charge in [0.1, 0.15) is 9.88 Å². The van der Waals surface area contributed by atoms with Crippen molar-refractivity contribution in [3.8, 4) is 5.00 Å². The molecule has 0 spiro atoms. The van der Waals surface area contributed by atoms with Crippen molar-refractivity contribution in [1.82, 2.24) is 25.2 Å². The Morgan fingerprint density at radius 2 is 2.08 bits per heavy atom. The Bertz CT molecular complexity index is 996. The zero-order valence-electron chi connectivity index (χ0n) is 11.9. The summed E-state index contributed by atoms with van der Waals surface area (Å²) < 4.78 is 39.5. The molecule has 0 atom stereocenters. The van der Waals surface area contributed by atoms with E-state index in [0.29, 0.717) is 23.1 Å². The molecule has 0 aliphatic heterocycles. The number of halogens is 3. The van der Waals surface area contributed by atoms with Gasteiger partial charge < -0.3 is 5.11 Å². The highest BCUT2D eigenvalue weighted by Gasteiger charge is 2.40. The molecule has 136 valence electrons. The first-order chi connectivity index (χ1) is 12.2. The Morgan fingerprint density at radius 1 is 1.35 bits per heavy atom. The second kappa shape index (κ2) is 6.61. The maximum atomic E-state index is 12.9. The van der Waals surface area contributed by atoms with Crippen molar-refractivity contribution >= 4 is 45.4 Å². The fourth-order valence-corrected chi connectivity index (χ4v) is 4.39. The van der Waals surface area contributed by atoms with Crippen LogP contribution in [0.4, 0.5) is 18.2 Å². The predicted octanol–water partition coefficient (Wildman–Crippen LogP) is 2.96. The number of thiophene rings is 1. The molecule has 0 fully saturated rings. The average Bonchev–Trinajstić information content (AvgIpc) is 3.24. The highest BCUT2D eigenvalue weighted by Crippen LogP contribution is 2.39. The number of hydrogen-bond donors (Lipinski definition) is 1. The molecule has 0 aliphatic carbocycles. The number of hydrogen-bond acceptors (Lipinski definition) is 10. The second-order valence-corrected chi connectivity index (χ2v) is 7.56. The van der Waals surface area contributed by atoms with E-state index in [1.807, 2.05) is 0 Å². The fourth-order valence-electron chi connectivity index (χ4n) is 1.67. The van der Waals surface area contributed by atoms with Gasteiger partial charge in [0.15, 0.2) is 10.0 Å². The molecule has 0 radical (unpaired) electrons. The summed E-state index contributed by atoms with van der Waals surface area (Å²) in [5.74, 6) is -1.75. The molecule has 3 rings (SSSR count). The minimum atomic E-state index is -4.93. The van der Waals surface area contributed by atoms with Crippen LogP contribution in [0.1, 0.15) is 15.4 Å². The topological polar surface area (TPSA) is 137 Å². The first-order valence-electron chi connectivity index (χ1n) is 6.19. The predicted molar refractivity (Wildman–Crippen MR) is 81.9 cm³/mol. The minimum absolute atomic E-state index is 0.0267. The molecule has 0 aliphatic rings. The van der Waals surface area contributed by atoms with E-state index < -0.39 is 27.6 Å². The third kappa shape index (κ3) is 3.51. The highest BCUT2D eigenvalue weighted by molar-refractivity contribution is 8.00. The first-order valence-corrected chi connectivity index (χ1v) is 8.64. The summed E-state index contributed by atoms with van der Waals surface area (Å²) in [5.41, 5.74) is -1.51. The van der Waals surface area contributed by atoms with E-state index in [1.54, 1.807) is 0 Å². The molecular formula is C10H3F3N6O4S3. The number of carboxylic acid groups (broad SMARTS) is 1. The standard InChI is InChI=1S/C10H3F3N6O4S3/c11-10(12,13)6-5(7(20)21)25-9(14-6)26-8-15-16-17-18(8)3-1-2-4(24-3)19(22)23/h1-2H,(H,20,21). The van der Waals surface area contributed by atoms with Crippen LogP contribution in [0.2, 0.25) is 0 Å². The Morgan fingerprint density at radius 3 is 2.62 bits per heavy atom. The van der Waals surface area contributed by atoms with Crippen molar-refractivity contribution in [3.05, 3.63) is 32.8 Å². The fraction of sp³-hybridized carbons (Fsp3) is 0.100. The van der Waals surface area contributed by atoms with Crippen LogP contribution in [-0.4, -0.2) is 41.2 Å². The lowest BCUT2D eigenvalue weighted by Gasteiger charge is -2.02. The van der Waals surface area contributed by atoms with Gasteiger partial charge in [0.2, 0.25) is 5.16 Å². The van der Waals surface area contributed by atoms with Gasteiger partial charge in [0.25, 0.3) is 0 Å². The van der Waals surface area contributed by atoms with Crippen LogP contribution in [0.15, 0.2) is 21.6 Å². The number of alkyl halides is 3. The molecule has 0 saturated carbocycles. The molecule has 26 heavy (non-hydrogen) atoms. The summed E-state index contributed by atoms with van der Waals surface area (Å²) >= 11 is 1.69. The molecular weight excluding hydrogens is 421 g/mol. The van der Waals surface area contributed by atoms with Crippen LogP contribution in [0, 0.1) is 10.1 Å². The van der Waals surface area contributed by atoms with Gasteiger partial charge in [0.05, 0.1) is 4.92 Å². The third-order valence-electron chi connectivity index (χ3n) is 2.66. The number of aromatic nitrogens is 5. The number of thiazole rings is 1. The average molecular weight is 424 g/mol. The molecule has 10 nitrogen and oxygen atoms in total. The first kappa shape index (κ1) is 18.2. The number of nitro groups is 1. The van der Waals surface area contributed by atoms with Crippen LogP contribution in [0.3, 0.4) is 0 Å². The molecule has 0 unspecified atom stereocenters. The number of aromatic carboxylic acids is 1. The zero-order chi connectivity index (χ0) is 19.1. The summed E-state index contributed by atoms with van der Waals surface area (Å²) in [6.07, 6.45) is -4.93. The lowest BCUT2D eigenvalue weighted by molar-refractivity contribution is -0.380. The van der Waals surface area contributed by atoms with Crippen LogP contribution in [-0.2, 0) is 6.18 Å². The number of carboxylic acids is 1. The number of nitrogens with zero attached hydrogens (tertiary/aromatic N) is 6. The van der Waals surface area contributed by atoms with E-state index in [9.17, 15) is 28.1 Å². The minimum Gasteiger partial charge on any atom is -0.477 e. The van der Waals surface area contributed by atoms with E-state index >= 15 is 0 Å². The van der Waals surface area contributed by atoms with Gasteiger partial charge in [-0.25, -0.2) is 9.78 Å². The molecule has 3 aromatic rings. The maximum absolute atomic E-state index is 12.9. The van der Waals surface area contributed by atoms with Gasteiger partial charge in [-0.3, -0.25) is 10.1 Å². The Balaban J connectivity index is 1.95. The largest absolute Gasteiger partial charge is 0.477 e. The number of rotatable bonds is 5. The summed E-state index contributed by atoms with van der Waals surface area (Å²) in [6, 6.07) is 2.60.